The van der Waals surface area contributed by atoms with Gasteiger partial charge in [-0.2, -0.15) is 26.3 Å². The fraction of sp³-hybridized carbons (Fsp3) is 0.294. The van der Waals surface area contributed by atoms with Crippen LogP contribution < -0.4 is 5.32 Å². The van der Waals surface area contributed by atoms with E-state index in [1.54, 1.807) is 0 Å². The van der Waals surface area contributed by atoms with Gasteiger partial charge in [-0.1, -0.05) is 0 Å². The van der Waals surface area contributed by atoms with Gasteiger partial charge >= 0.3 is 12.4 Å². The summed E-state index contributed by atoms with van der Waals surface area (Å²) in [5.41, 5.74) is -3.64. The highest BCUT2D eigenvalue weighted by Gasteiger charge is 2.39. The van der Waals surface area contributed by atoms with Crippen LogP contribution in [0.15, 0.2) is 36.8 Å². The molecular formula is C17H12F6N4O2. The van der Waals surface area contributed by atoms with Crippen LogP contribution in [0.4, 0.5) is 32.0 Å². The minimum atomic E-state index is -5.02. The van der Waals surface area contributed by atoms with E-state index in [4.69, 9.17) is 0 Å². The lowest BCUT2D eigenvalue weighted by Crippen LogP contribution is -2.54. The minimum Gasteiger partial charge on any atom is -0.336 e. The molecule has 0 unspecified atom stereocenters. The van der Waals surface area contributed by atoms with Gasteiger partial charge in [-0.3, -0.25) is 14.6 Å². The van der Waals surface area contributed by atoms with Crippen LogP contribution in [-0.4, -0.2) is 39.8 Å². The second-order valence-corrected chi connectivity index (χ2v) is 6.28. The molecular weight excluding hydrogens is 406 g/mol. The van der Waals surface area contributed by atoms with Gasteiger partial charge in [-0.05, 0) is 18.2 Å². The summed E-state index contributed by atoms with van der Waals surface area (Å²) in [6.45, 7) is -0.0986. The monoisotopic (exact) mass is 418 g/mol. The molecule has 29 heavy (non-hydrogen) atoms. The molecule has 0 bridgehead atoms. The molecule has 0 atom stereocenters. The number of halogens is 6. The van der Waals surface area contributed by atoms with E-state index >= 15 is 0 Å². The molecule has 2 amide bonds. The van der Waals surface area contributed by atoms with Crippen LogP contribution in [0.3, 0.4) is 0 Å². The summed E-state index contributed by atoms with van der Waals surface area (Å²) < 4.78 is 77.3. The Bertz CT molecular complexity index is 892. The third kappa shape index (κ3) is 4.63. The van der Waals surface area contributed by atoms with Crippen molar-refractivity contribution in [2.45, 2.75) is 12.4 Å². The van der Waals surface area contributed by atoms with Crippen molar-refractivity contribution in [2.75, 3.05) is 18.4 Å². The maximum atomic E-state index is 12.9. The van der Waals surface area contributed by atoms with Crippen molar-refractivity contribution in [2.24, 2.45) is 5.92 Å². The van der Waals surface area contributed by atoms with Crippen LogP contribution in [0.1, 0.15) is 21.6 Å². The summed E-state index contributed by atoms with van der Waals surface area (Å²) in [5, 5.41) is 2.06. The molecule has 0 saturated carbocycles. The maximum Gasteiger partial charge on any atom is 0.416 e. The van der Waals surface area contributed by atoms with Crippen molar-refractivity contribution >= 4 is 17.5 Å². The zero-order valence-electron chi connectivity index (χ0n) is 14.4. The molecule has 1 aromatic carbocycles. The van der Waals surface area contributed by atoms with Crippen molar-refractivity contribution in [3.8, 4) is 0 Å². The van der Waals surface area contributed by atoms with Crippen LogP contribution in [0.2, 0.25) is 0 Å². The second kappa shape index (κ2) is 7.33. The number of nitrogens with one attached hydrogen (secondary N) is 1. The van der Waals surface area contributed by atoms with Gasteiger partial charge < -0.3 is 10.2 Å². The number of benzene rings is 1. The Morgan fingerprint density at radius 3 is 2.03 bits per heavy atom. The van der Waals surface area contributed by atoms with Crippen LogP contribution in [0.5, 0.6) is 0 Å². The second-order valence-electron chi connectivity index (χ2n) is 6.28. The Hall–Kier alpha value is -3.18. The molecule has 1 aromatic heterocycles. The highest BCUT2D eigenvalue weighted by Crippen LogP contribution is 2.37. The zero-order valence-corrected chi connectivity index (χ0v) is 14.4. The Labute approximate surface area is 159 Å². The molecule has 1 fully saturated rings. The Morgan fingerprint density at radius 2 is 1.55 bits per heavy atom. The van der Waals surface area contributed by atoms with Crippen molar-refractivity contribution in [3.05, 3.63) is 53.6 Å². The van der Waals surface area contributed by atoms with E-state index in [1.165, 1.54) is 23.5 Å². The number of likely N-dealkylation sites (tertiary alicyclic amines) is 1. The molecule has 1 aliphatic rings. The average Bonchev–Trinajstić information content (AvgIpc) is 2.59. The van der Waals surface area contributed by atoms with E-state index in [0.29, 0.717) is 12.1 Å². The predicted molar refractivity (Wildman–Crippen MR) is 86.5 cm³/mol. The molecule has 1 N–H and O–H groups in total. The Kier molecular flexibility index (Phi) is 5.20. The number of hydrogen-bond donors (Lipinski definition) is 1. The van der Waals surface area contributed by atoms with Gasteiger partial charge in [0.1, 0.15) is 5.69 Å². The van der Waals surface area contributed by atoms with Gasteiger partial charge in [-0.25, -0.2) is 4.98 Å². The number of hydrogen-bond acceptors (Lipinski definition) is 4. The third-order valence-corrected chi connectivity index (χ3v) is 4.18. The standard InChI is InChI=1S/C17H12F6N4O2/c18-16(19,20)10-3-11(17(21,22)23)5-12(4-10)26-14(28)9-7-27(8-9)15(29)13-6-24-1-2-25-13/h1-6,9H,7-8H2,(H,26,28). The molecule has 12 heteroatoms. The minimum absolute atomic E-state index is 0.0275. The summed E-state index contributed by atoms with van der Waals surface area (Å²) in [6, 6.07) is 0.822. The zero-order chi connectivity index (χ0) is 21.4. The lowest BCUT2D eigenvalue weighted by atomic mass is 9.98. The van der Waals surface area contributed by atoms with Crippen molar-refractivity contribution in [1.82, 2.24) is 14.9 Å². The summed E-state index contributed by atoms with van der Waals surface area (Å²) in [6.07, 6.45) is -6.12. The first-order valence-corrected chi connectivity index (χ1v) is 8.11. The lowest BCUT2D eigenvalue weighted by Gasteiger charge is -2.37. The Morgan fingerprint density at radius 1 is 0.966 bits per heavy atom. The van der Waals surface area contributed by atoms with Crippen molar-refractivity contribution in [3.63, 3.8) is 0 Å². The maximum absolute atomic E-state index is 12.9. The van der Waals surface area contributed by atoms with E-state index in [-0.39, 0.29) is 24.8 Å². The third-order valence-electron chi connectivity index (χ3n) is 4.18. The summed E-state index contributed by atoms with van der Waals surface area (Å²) >= 11 is 0. The molecule has 6 nitrogen and oxygen atoms in total. The smallest absolute Gasteiger partial charge is 0.336 e. The van der Waals surface area contributed by atoms with E-state index < -0.39 is 46.9 Å². The van der Waals surface area contributed by atoms with Crippen LogP contribution >= 0.6 is 0 Å². The number of amides is 2. The first-order chi connectivity index (χ1) is 13.4. The largest absolute Gasteiger partial charge is 0.416 e. The first kappa shape index (κ1) is 20.6. The van der Waals surface area contributed by atoms with Crippen LogP contribution in [0, 0.1) is 5.92 Å². The number of aromatic nitrogens is 2. The van der Waals surface area contributed by atoms with Crippen molar-refractivity contribution in [1.29, 1.82) is 0 Å². The van der Waals surface area contributed by atoms with Gasteiger partial charge in [0.05, 0.1) is 23.2 Å². The fourth-order valence-electron chi connectivity index (χ4n) is 2.65. The van der Waals surface area contributed by atoms with E-state index in [0.717, 1.165) is 0 Å². The van der Waals surface area contributed by atoms with Gasteiger partial charge in [0, 0.05) is 31.2 Å². The molecule has 0 aliphatic carbocycles. The topological polar surface area (TPSA) is 75.2 Å². The molecule has 1 aliphatic heterocycles. The van der Waals surface area contributed by atoms with Gasteiger partial charge in [-0.15, -0.1) is 0 Å². The van der Waals surface area contributed by atoms with Gasteiger partial charge in [0.2, 0.25) is 5.91 Å². The van der Waals surface area contributed by atoms with E-state index in [1.807, 2.05) is 0 Å². The lowest BCUT2D eigenvalue weighted by molar-refractivity contribution is -0.143. The van der Waals surface area contributed by atoms with E-state index in [9.17, 15) is 35.9 Å². The molecule has 0 radical (unpaired) electrons. The summed E-state index contributed by atoms with van der Waals surface area (Å²) in [7, 11) is 0. The molecule has 0 spiro atoms. The van der Waals surface area contributed by atoms with Crippen molar-refractivity contribution < 1.29 is 35.9 Å². The number of carbonyl (C=O) groups is 2. The number of alkyl halides is 6. The number of carbonyl (C=O) groups excluding carboxylic acids is 2. The van der Waals surface area contributed by atoms with E-state index in [2.05, 4.69) is 15.3 Å². The molecule has 2 aromatic rings. The quantitative estimate of drug-likeness (QED) is 0.777. The normalized spacial score (nSPS) is 15.0. The number of anilines is 1. The first-order valence-electron chi connectivity index (χ1n) is 8.11. The summed E-state index contributed by atoms with van der Waals surface area (Å²) in [4.78, 5) is 33.1. The molecule has 1 saturated heterocycles. The molecule has 3 rings (SSSR count). The Balaban J connectivity index is 1.69. The number of rotatable bonds is 3. The average molecular weight is 418 g/mol. The predicted octanol–water partition coefficient (Wildman–Crippen LogP) is 3.22. The highest BCUT2D eigenvalue weighted by molar-refractivity contribution is 5.97. The van der Waals surface area contributed by atoms with Gasteiger partial charge in [0.15, 0.2) is 0 Å². The fourth-order valence-corrected chi connectivity index (χ4v) is 2.65. The SMILES string of the molecule is O=C(Nc1cc(C(F)(F)F)cc(C(F)(F)F)c1)C1CN(C(=O)c2cnccn2)C1. The summed E-state index contributed by atoms with van der Waals surface area (Å²) in [5.74, 6) is -2.05. The molecule has 2 heterocycles. The highest BCUT2D eigenvalue weighted by atomic mass is 19.4. The van der Waals surface area contributed by atoms with Crippen LogP contribution in [0.25, 0.3) is 0 Å². The van der Waals surface area contributed by atoms with Crippen LogP contribution in [-0.2, 0) is 17.1 Å². The van der Waals surface area contributed by atoms with Gasteiger partial charge in [0.25, 0.3) is 5.91 Å². The molecule has 154 valence electrons. The number of nitrogens with zero attached hydrogens (tertiary/aromatic N) is 3.